The second-order valence-electron chi connectivity index (χ2n) is 5.05. The molecule has 0 saturated carbocycles. The third-order valence-electron chi connectivity index (χ3n) is 3.50. The lowest BCUT2D eigenvalue weighted by Gasteiger charge is -2.05. The number of carboxylic acid groups (broad SMARTS) is 2. The van der Waals surface area contributed by atoms with Gasteiger partial charge in [-0.15, -0.1) is 0 Å². The van der Waals surface area contributed by atoms with Gasteiger partial charge in [-0.3, -0.25) is 9.97 Å². The van der Waals surface area contributed by atoms with Crippen LogP contribution in [0.2, 0.25) is 0 Å². The van der Waals surface area contributed by atoms with Crippen LogP contribution >= 0.6 is 0 Å². The summed E-state index contributed by atoms with van der Waals surface area (Å²) in [6.07, 6.45) is 2.63. The maximum Gasteiger partial charge on any atom is 0.337 e. The van der Waals surface area contributed by atoms with Crippen molar-refractivity contribution in [3.05, 3.63) is 72.1 Å². The molecule has 24 heavy (non-hydrogen) atoms. The summed E-state index contributed by atoms with van der Waals surface area (Å²) in [5.74, 6) is -2.03. The van der Waals surface area contributed by atoms with Crippen molar-refractivity contribution >= 4 is 11.9 Å². The van der Waals surface area contributed by atoms with E-state index in [4.69, 9.17) is 10.2 Å². The molecular formula is C18H12N2O4. The first-order valence-corrected chi connectivity index (χ1v) is 7.04. The number of rotatable bonds is 4. The van der Waals surface area contributed by atoms with E-state index >= 15 is 0 Å². The number of carbonyl (C=O) groups is 2. The Balaban J connectivity index is 1.84. The molecule has 0 saturated heterocycles. The minimum absolute atomic E-state index is 0.137. The van der Waals surface area contributed by atoms with E-state index in [9.17, 15) is 9.59 Å². The van der Waals surface area contributed by atoms with Gasteiger partial charge in [-0.1, -0.05) is 24.3 Å². The van der Waals surface area contributed by atoms with Gasteiger partial charge in [0.15, 0.2) is 0 Å². The maximum atomic E-state index is 10.8. The molecule has 3 rings (SSSR count). The third-order valence-corrected chi connectivity index (χ3v) is 3.50. The van der Waals surface area contributed by atoms with Crippen LogP contribution in [0.1, 0.15) is 20.7 Å². The van der Waals surface area contributed by atoms with E-state index in [1.165, 1.54) is 24.5 Å². The van der Waals surface area contributed by atoms with E-state index < -0.39 is 11.9 Å². The van der Waals surface area contributed by atoms with Crippen LogP contribution in [0.4, 0.5) is 0 Å². The number of nitrogens with zero attached hydrogens (tertiary/aromatic N) is 2. The van der Waals surface area contributed by atoms with Crippen molar-refractivity contribution in [3.63, 3.8) is 0 Å². The van der Waals surface area contributed by atoms with E-state index in [-0.39, 0.29) is 11.1 Å². The molecular weight excluding hydrogens is 308 g/mol. The Morgan fingerprint density at radius 2 is 1.00 bits per heavy atom. The van der Waals surface area contributed by atoms with Gasteiger partial charge >= 0.3 is 11.9 Å². The fraction of sp³-hybridized carbons (Fsp3) is 0. The number of hydrogen-bond acceptors (Lipinski definition) is 4. The van der Waals surface area contributed by atoms with E-state index in [2.05, 4.69) is 9.97 Å². The van der Waals surface area contributed by atoms with Crippen molar-refractivity contribution in [1.82, 2.24) is 9.97 Å². The first kappa shape index (κ1) is 15.4. The zero-order chi connectivity index (χ0) is 17.1. The van der Waals surface area contributed by atoms with E-state index in [1.807, 2.05) is 24.3 Å². The highest BCUT2D eigenvalue weighted by Crippen LogP contribution is 2.23. The van der Waals surface area contributed by atoms with Crippen molar-refractivity contribution in [1.29, 1.82) is 0 Å². The van der Waals surface area contributed by atoms with Gasteiger partial charge in [0.05, 0.1) is 22.5 Å². The fourth-order valence-corrected chi connectivity index (χ4v) is 2.19. The standard InChI is InChI=1S/C18H12N2O4/c21-17(22)13-5-7-15(19-9-13)11-1-2-12(4-3-11)16-8-6-14(10-20-16)18(23)24/h1-10H,(H,21,22)(H,23,24). The van der Waals surface area contributed by atoms with Gasteiger partial charge in [-0.05, 0) is 24.3 Å². The van der Waals surface area contributed by atoms with Crippen LogP contribution < -0.4 is 0 Å². The molecule has 2 aromatic heterocycles. The highest BCUT2D eigenvalue weighted by atomic mass is 16.4. The second-order valence-corrected chi connectivity index (χ2v) is 5.05. The molecule has 2 heterocycles. The molecule has 0 atom stereocenters. The number of aromatic nitrogens is 2. The van der Waals surface area contributed by atoms with Crippen molar-refractivity contribution < 1.29 is 19.8 Å². The molecule has 0 unspecified atom stereocenters. The monoisotopic (exact) mass is 320 g/mol. The van der Waals surface area contributed by atoms with Crippen LogP contribution in [0, 0.1) is 0 Å². The predicted molar refractivity (Wildman–Crippen MR) is 86.8 cm³/mol. The summed E-state index contributed by atoms with van der Waals surface area (Å²) in [4.78, 5) is 29.9. The van der Waals surface area contributed by atoms with Crippen LogP contribution in [-0.2, 0) is 0 Å². The van der Waals surface area contributed by atoms with Crippen LogP contribution in [-0.4, -0.2) is 32.1 Å². The molecule has 1 aromatic carbocycles. The molecule has 2 N–H and O–H groups in total. The number of aromatic carboxylic acids is 2. The summed E-state index contributed by atoms with van der Waals surface area (Å²) in [5, 5.41) is 17.8. The number of benzene rings is 1. The molecule has 118 valence electrons. The zero-order valence-corrected chi connectivity index (χ0v) is 12.4. The van der Waals surface area contributed by atoms with Crippen molar-refractivity contribution in [2.24, 2.45) is 0 Å². The van der Waals surface area contributed by atoms with Gasteiger partial charge in [0.25, 0.3) is 0 Å². The molecule has 6 nitrogen and oxygen atoms in total. The Morgan fingerprint density at radius 1 is 0.625 bits per heavy atom. The smallest absolute Gasteiger partial charge is 0.337 e. The van der Waals surface area contributed by atoms with Gasteiger partial charge < -0.3 is 10.2 Å². The van der Waals surface area contributed by atoms with Gasteiger partial charge in [-0.2, -0.15) is 0 Å². The summed E-state index contributed by atoms with van der Waals surface area (Å²) in [6.45, 7) is 0. The number of hydrogen-bond donors (Lipinski definition) is 2. The summed E-state index contributed by atoms with van der Waals surface area (Å²) >= 11 is 0. The van der Waals surface area contributed by atoms with Gasteiger partial charge in [0, 0.05) is 23.5 Å². The van der Waals surface area contributed by atoms with Crippen LogP contribution in [0.15, 0.2) is 60.9 Å². The van der Waals surface area contributed by atoms with Gasteiger partial charge in [0.1, 0.15) is 0 Å². The van der Waals surface area contributed by atoms with E-state index in [0.717, 1.165) is 11.1 Å². The Hall–Kier alpha value is -3.54. The highest BCUT2D eigenvalue weighted by Gasteiger charge is 2.07. The zero-order valence-electron chi connectivity index (χ0n) is 12.4. The predicted octanol–water partition coefficient (Wildman–Crippen LogP) is 3.21. The van der Waals surface area contributed by atoms with E-state index in [1.54, 1.807) is 12.1 Å². The largest absolute Gasteiger partial charge is 0.478 e. The number of carboxylic acids is 2. The van der Waals surface area contributed by atoms with Crippen molar-refractivity contribution in [2.45, 2.75) is 0 Å². The lowest BCUT2D eigenvalue weighted by molar-refractivity contribution is 0.0685. The Kier molecular flexibility index (Phi) is 4.03. The SMILES string of the molecule is O=C(O)c1ccc(-c2ccc(-c3ccc(C(=O)O)cn3)cc2)nc1. The maximum absolute atomic E-state index is 10.8. The Labute approximate surface area is 137 Å². The average Bonchev–Trinajstić information content (AvgIpc) is 2.62. The van der Waals surface area contributed by atoms with E-state index in [0.29, 0.717) is 11.4 Å². The molecule has 0 aliphatic carbocycles. The Morgan fingerprint density at radius 3 is 1.25 bits per heavy atom. The Bertz CT molecular complexity index is 809. The first-order valence-electron chi connectivity index (χ1n) is 7.04. The topological polar surface area (TPSA) is 100 Å². The summed E-state index contributed by atoms with van der Waals surface area (Å²) in [5.41, 5.74) is 3.30. The first-order chi connectivity index (χ1) is 11.5. The van der Waals surface area contributed by atoms with Gasteiger partial charge in [-0.25, -0.2) is 9.59 Å². The minimum Gasteiger partial charge on any atom is -0.478 e. The lowest BCUT2D eigenvalue weighted by atomic mass is 10.1. The highest BCUT2D eigenvalue weighted by molar-refractivity contribution is 5.88. The molecule has 6 heteroatoms. The molecule has 0 bridgehead atoms. The van der Waals surface area contributed by atoms with Crippen molar-refractivity contribution in [2.75, 3.05) is 0 Å². The summed E-state index contributed by atoms with van der Waals surface area (Å²) in [6, 6.07) is 13.7. The molecule has 0 radical (unpaired) electrons. The molecule has 0 fully saturated rings. The second kappa shape index (κ2) is 6.29. The molecule has 0 spiro atoms. The summed E-state index contributed by atoms with van der Waals surface area (Å²) in [7, 11) is 0. The average molecular weight is 320 g/mol. The molecule has 0 aliphatic rings. The lowest BCUT2D eigenvalue weighted by Crippen LogP contribution is -1.97. The third kappa shape index (κ3) is 3.12. The van der Waals surface area contributed by atoms with Gasteiger partial charge in [0.2, 0.25) is 0 Å². The normalized spacial score (nSPS) is 10.3. The molecule has 0 amide bonds. The minimum atomic E-state index is -1.01. The molecule has 0 aliphatic heterocycles. The summed E-state index contributed by atoms with van der Waals surface area (Å²) < 4.78 is 0. The fourth-order valence-electron chi connectivity index (χ4n) is 2.19. The number of pyridine rings is 2. The molecule has 3 aromatic rings. The van der Waals surface area contributed by atoms with Crippen molar-refractivity contribution in [3.8, 4) is 22.5 Å². The van der Waals surface area contributed by atoms with Crippen LogP contribution in [0.25, 0.3) is 22.5 Å². The quantitative estimate of drug-likeness (QED) is 0.765. The van der Waals surface area contributed by atoms with Crippen LogP contribution in [0.3, 0.4) is 0 Å². The van der Waals surface area contributed by atoms with Crippen LogP contribution in [0.5, 0.6) is 0 Å².